The van der Waals surface area contributed by atoms with Crippen LogP contribution < -0.4 is 15.4 Å². The number of ether oxygens (including phenoxy) is 2. The highest BCUT2D eigenvalue weighted by molar-refractivity contribution is 7.81. The van der Waals surface area contributed by atoms with E-state index in [0.717, 1.165) is 24.0 Å². The number of benzene rings is 1. The number of methoxy groups -OCH3 is 1. The minimum atomic E-state index is -1.07. The van der Waals surface area contributed by atoms with E-state index < -0.39 is 22.8 Å². The summed E-state index contributed by atoms with van der Waals surface area (Å²) in [5.74, 6) is -0.514. The van der Waals surface area contributed by atoms with E-state index in [1.54, 1.807) is 37.7 Å². The van der Waals surface area contributed by atoms with Gasteiger partial charge in [-0.15, -0.1) is 0 Å². The third-order valence-corrected chi connectivity index (χ3v) is 7.28. The third-order valence-electron chi connectivity index (χ3n) is 6.45. The molecule has 0 radical (unpaired) electrons. The van der Waals surface area contributed by atoms with Gasteiger partial charge in [-0.05, 0) is 42.5 Å². The summed E-state index contributed by atoms with van der Waals surface area (Å²) in [5.41, 5.74) is 0.502. The second-order valence-electron chi connectivity index (χ2n) is 9.51. The van der Waals surface area contributed by atoms with Gasteiger partial charge in [-0.3, -0.25) is 14.6 Å². The molecule has 36 heavy (non-hydrogen) atoms. The molecule has 1 heterocycles. The zero-order chi connectivity index (χ0) is 26.1. The Morgan fingerprint density at radius 2 is 1.78 bits per heavy atom. The Bertz CT molecular complexity index is 1020. The number of nitrogens with one attached hydrogen (secondary N) is 2. The van der Waals surface area contributed by atoms with Gasteiger partial charge in [-0.25, -0.2) is 4.79 Å². The van der Waals surface area contributed by atoms with Crippen molar-refractivity contribution in [3.05, 3.63) is 59.9 Å². The fraction of sp³-hybridized carbons (Fsp3) is 0.481. The van der Waals surface area contributed by atoms with Crippen molar-refractivity contribution in [2.24, 2.45) is 5.92 Å². The fourth-order valence-corrected chi connectivity index (χ4v) is 4.29. The van der Waals surface area contributed by atoms with Gasteiger partial charge in [0, 0.05) is 24.4 Å². The maximum Gasteiger partial charge on any atom is 0.329 e. The molecule has 0 spiro atoms. The molecule has 194 valence electrons. The highest BCUT2D eigenvalue weighted by Crippen LogP contribution is 2.31. The molecule has 2 N–H and O–H groups in total. The summed E-state index contributed by atoms with van der Waals surface area (Å²) < 4.78 is 10.8. The number of hydrogen-bond acceptors (Lipinski definition) is 7. The van der Waals surface area contributed by atoms with E-state index in [0.29, 0.717) is 18.6 Å². The standard InChI is InChI=1S/C27H35N3O5S/c1-18(2)23(36)24(31)30-27(12-4-5-13-27)26(33)29-22(15-19-8-10-21(34-3)11-9-19)25(32)35-17-20-7-6-14-28-16-20/h6-11,14,16,18,22-23,36H,4-5,12-13,15,17H2,1-3H3,(H,29,33)(H,30,31)/t22-,23-/m0/s1. The molecule has 1 saturated carbocycles. The van der Waals surface area contributed by atoms with Gasteiger partial charge < -0.3 is 20.1 Å². The van der Waals surface area contributed by atoms with Crippen LogP contribution in [0.25, 0.3) is 0 Å². The summed E-state index contributed by atoms with van der Waals surface area (Å²) in [6.45, 7) is 3.85. The molecule has 2 amide bonds. The molecular formula is C27H35N3O5S. The second kappa shape index (κ2) is 12.8. The van der Waals surface area contributed by atoms with E-state index in [-0.39, 0.29) is 30.8 Å². The lowest BCUT2D eigenvalue weighted by atomic mass is 9.94. The van der Waals surface area contributed by atoms with Gasteiger partial charge in [0.2, 0.25) is 11.8 Å². The number of amides is 2. The number of nitrogens with zero attached hydrogens (tertiary/aromatic N) is 1. The van der Waals surface area contributed by atoms with Crippen LogP contribution in [0.4, 0.5) is 0 Å². The second-order valence-corrected chi connectivity index (χ2v) is 10.1. The SMILES string of the molecule is COc1ccc(C[C@H](NC(=O)C2(NC(=O)[C@@H](S)C(C)C)CCCC2)C(=O)OCc2cccnc2)cc1. The van der Waals surface area contributed by atoms with Crippen molar-refractivity contribution < 1.29 is 23.9 Å². The van der Waals surface area contributed by atoms with Crippen LogP contribution in [-0.4, -0.2) is 46.7 Å². The zero-order valence-corrected chi connectivity index (χ0v) is 21.9. The first-order valence-corrected chi connectivity index (χ1v) is 12.8. The Hall–Kier alpha value is -3.07. The van der Waals surface area contributed by atoms with Crippen LogP contribution in [0, 0.1) is 5.92 Å². The van der Waals surface area contributed by atoms with Crippen LogP contribution in [0.2, 0.25) is 0 Å². The highest BCUT2D eigenvalue weighted by atomic mass is 32.1. The number of pyridine rings is 1. The summed E-state index contributed by atoms with van der Waals surface area (Å²) in [4.78, 5) is 43.6. The number of esters is 1. The van der Waals surface area contributed by atoms with E-state index in [4.69, 9.17) is 9.47 Å². The van der Waals surface area contributed by atoms with Gasteiger partial charge in [0.15, 0.2) is 0 Å². The molecule has 1 aliphatic carbocycles. The zero-order valence-electron chi connectivity index (χ0n) is 21.0. The lowest BCUT2D eigenvalue weighted by molar-refractivity contribution is -0.150. The average molecular weight is 514 g/mol. The molecule has 2 aromatic rings. The Morgan fingerprint density at radius 1 is 1.08 bits per heavy atom. The number of carbonyl (C=O) groups excluding carboxylic acids is 3. The maximum absolute atomic E-state index is 13.6. The lowest BCUT2D eigenvalue weighted by Crippen LogP contribution is -2.61. The summed E-state index contributed by atoms with van der Waals surface area (Å²) in [6, 6.07) is 9.91. The minimum absolute atomic E-state index is 0.0140. The molecule has 1 fully saturated rings. The average Bonchev–Trinajstić information content (AvgIpc) is 3.37. The van der Waals surface area contributed by atoms with Crippen molar-refractivity contribution in [2.75, 3.05) is 7.11 Å². The number of carbonyl (C=O) groups is 3. The Labute approximate surface area is 218 Å². The first kappa shape index (κ1) is 27.5. The van der Waals surface area contributed by atoms with Gasteiger partial charge in [0.25, 0.3) is 0 Å². The van der Waals surface area contributed by atoms with E-state index in [2.05, 4.69) is 28.2 Å². The number of hydrogen-bond donors (Lipinski definition) is 3. The lowest BCUT2D eigenvalue weighted by Gasteiger charge is -2.32. The van der Waals surface area contributed by atoms with Crippen LogP contribution in [0.15, 0.2) is 48.8 Å². The Kier molecular flexibility index (Phi) is 9.75. The van der Waals surface area contributed by atoms with Gasteiger partial charge in [0.1, 0.15) is 23.9 Å². The van der Waals surface area contributed by atoms with Crippen molar-refractivity contribution in [3.63, 3.8) is 0 Å². The van der Waals surface area contributed by atoms with E-state index in [1.165, 1.54) is 0 Å². The number of aromatic nitrogens is 1. The van der Waals surface area contributed by atoms with E-state index in [1.807, 2.05) is 32.0 Å². The number of thiol groups is 1. The summed E-state index contributed by atoms with van der Waals surface area (Å²) >= 11 is 4.41. The van der Waals surface area contributed by atoms with Gasteiger partial charge in [0.05, 0.1) is 12.4 Å². The van der Waals surface area contributed by atoms with Crippen molar-refractivity contribution in [1.82, 2.24) is 15.6 Å². The molecule has 0 saturated heterocycles. The van der Waals surface area contributed by atoms with Crippen molar-refractivity contribution in [1.29, 1.82) is 0 Å². The van der Waals surface area contributed by atoms with Gasteiger partial charge >= 0.3 is 5.97 Å². The predicted octanol–water partition coefficient (Wildman–Crippen LogP) is 3.24. The van der Waals surface area contributed by atoms with Crippen LogP contribution in [0.5, 0.6) is 5.75 Å². The molecule has 3 rings (SSSR count). The largest absolute Gasteiger partial charge is 0.497 e. The van der Waals surface area contributed by atoms with Gasteiger partial charge in [-0.2, -0.15) is 12.6 Å². The highest BCUT2D eigenvalue weighted by Gasteiger charge is 2.44. The van der Waals surface area contributed by atoms with E-state index in [9.17, 15) is 14.4 Å². The first-order valence-electron chi connectivity index (χ1n) is 12.2. The Balaban J connectivity index is 1.77. The molecule has 1 aromatic carbocycles. The topological polar surface area (TPSA) is 107 Å². The molecule has 1 aliphatic rings. The monoisotopic (exact) mass is 513 g/mol. The fourth-order valence-electron chi connectivity index (χ4n) is 4.23. The van der Waals surface area contributed by atoms with Gasteiger partial charge in [-0.1, -0.05) is 44.9 Å². The minimum Gasteiger partial charge on any atom is -0.497 e. The van der Waals surface area contributed by atoms with Crippen LogP contribution >= 0.6 is 12.6 Å². The summed E-state index contributed by atoms with van der Waals surface area (Å²) in [7, 11) is 1.58. The third kappa shape index (κ3) is 7.22. The molecule has 2 atom stereocenters. The first-order chi connectivity index (χ1) is 17.2. The Morgan fingerprint density at radius 3 is 2.36 bits per heavy atom. The van der Waals surface area contributed by atoms with Crippen molar-refractivity contribution in [3.8, 4) is 5.75 Å². The number of rotatable bonds is 11. The molecule has 1 aromatic heterocycles. The summed E-state index contributed by atoms with van der Waals surface area (Å²) in [6.07, 6.45) is 6.11. The molecular weight excluding hydrogens is 478 g/mol. The molecule has 0 unspecified atom stereocenters. The normalized spacial score (nSPS) is 16.1. The van der Waals surface area contributed by atoms with Crippen molar-refractivity contribution in [2.45, 2.75) is 69.4 Å². The van der Waals surface area contributed by atoms with Crippen LogP contribution in [0.1, 0.15) is 50.7 Å². The smallest absolute Gasteiger partial charge is 0.329 e. The molecule has 0 bridgehead atoms. The molecule has 9 heteroatoms. The molecule has 8 nitrogen and oxygen atoms in total. The van der Waals surface area contributed by atoms with Crippen molar-refractivity contribution >= 4 is 30.4 Å². The molecule has 0 aliphatic heterocycles. The maximum atomic E-state index is 13.6. The summed E-state index contributed by atoms with van der Waals surface area (Å²) in [5, 5.41) is 5.30. The van der Waals surface area contributed by atoms with Crippen LogP contribution in [0.3, 0.4) is 0 Å². The van der Waals surface area contributed by atoms with Crippen LogP contribution in [-0.2, 0) is 32.1 Å². The quantitative estimate of drug-likeness (QED) is 0.315. The van der Waals surface area contributed by atoms with E-state index >= 15 is 0 Å². The predicted molar refractivity (Wildman–Crippen MR) is 140 cm³/mol.